The number of likely N-dealkylation sites (tertiary alicyclic amines) is 2. The molecule has 36 heavy (non-hydrogen) atoms. The average molecular weight is 503 g/mol. The Bertz CT molecular complexity index is 1230. The number of benzene rings is 2. The number of halogens is 1. The molecule has 5 nitrogen and oxygen atoms in total. The summed E-state index contributed by atoms with van der Waals surface area (Å²) < 4.78 is 2.26. The van der Waals surface area contributed by atoms with E-state index in [0.717, 1.165) is 54.7 Å². The van der Waals surface area contributed by atoms with Crippen LogP contribution in [0.1, 0.15) is 50.2 Å². The van der Waals surface area contributed by atoms with Gasteiger partial charge in [-0.3, -0.25) is 4.79 Å². The number of carbonyl (C=O) groups is 1. The maximum absolute atomic E-state index is 13.5. The molecule has 188 valence electrons. The monoisotopic (exact) mass is 502 g/mol. The van der Waals surface area contributed by atoms with Crippen molar-refractivity contribution in [3.8, 4) is 11.4 Å². The zero-order valence-corrected chi connectivity index (χ0v) is 21.8. The lowest BCUT2D eigenvalue weighted by Gasteiger charge is -2.36. The third kappa shape index (κ3) is 4.16. The van der Waals surface area contributed by atoms with E-state index in [0.29, 0.717) is 17.9 Å². The maximum atomic E-state index is 13.5. The molecule has 0 spiro atoms. The molecule has 3 aliphatic heterocycles. The van der Waals surface area contributed by atoms with Crippen LogP contribution in [0.4, 0.5) is 0 Å². The number of fused-ring (bicyclic) bond motifs is 3. The molecule has 0 bridgehead atoms. The van der Waals surface area contributed by atoms with Crippen molar-refractivity contribution in [1.29, 1.82) is 0 Å². The molecule has 6 rings (SSSR count). The van der Waals surface area contributed by atoms with Crippen LogP contribution in [0.15, 0.2) is 60.9 Å². The second-order valence-electron chi connectivity index (χ2n) is 11.0. The van der Waals surface area contributed by atoms with Gasteiger partial charge in [-0.25, -0.2) is 4.98 Å². The second kappa shape index (κ2) is 9.68. The number of carbonyl (C=O) groups excluding carboxylic acids is 1. The number of piperidine rings is 1. The van der Waals surface area contributed by atoms with Crippen molar-refractivity contribution in [2.24, 2.45) is 11.8 Å². The third-order valence-corrected chi connectivity index (χ3v) is 8.93. The van der Waals surface area contributed by atoms with E-state index >= 15 is 0 Å². The number of hydrogen-bond donors (Lipinski definition) is 0. The van der Waals surface area contributed by atoms with Crippen LogP contribution in [0.2, 0.25) is 5.02 Å². The van der Waals surface area contributed by atoms with Gasteiger partial charge >= 0.3 is 0 Å². The molecule has 1 amide bonds. The summed E-state index contributed by atoms with van der Waals surface area (Å²) >= 11 is 6.26. The van der Waals surface area contributed by atoms with Gasteiger partial charge in [0.25, 0.3) is 0 Å². The Morgan fingerprint density at radius 1 is 1.06 bits per heavy atom. The predicted octanol–water partition coefficient (Wildman–Crippen LogP) is 5.67. The molecule has 0 aliphatic carbocycles. The minimum atomic E-state index is -0.465. The van der Waals surface area contributed by atoms with Gasteiger partial charge in [-0.2, -0.15) is 0 Å². The number of amides is 1. The van der Waals surface area contributed by atoms with Gasteiger partial charge < -0.3 is 14.4 Å². The summed E-state index contributed by atoms with van der Waals surface area (Å²) in [6, 6.07) is 16.6. The fourth-order valence-corrected chi connectivity index (χ4v) is 6.89. The molecular formula is C30H35ClN4O. The molecule has 2 aromatic carbocycles. The number of rotatable bonds is 6. The van der Waals surface area contributed by atoms with Crippen molar-refractivity contribution in [3.63, 3.8) is 0 Å². The summed E-state index contributed by atoms with van der Waals surface area (Å²) in [6.07, 6.45) is 8.68. The van der Waals surface area contributed by atoms with E-state index in [4.69, 9.17) is 11.6 Å². The molecule has 4 heterocycles. The van der Waals surface area contributed by atoms with Crippen molar-refractivity contribution >= 4 is 17.5 Å². The Morgan fingerprint density at radius 2 is 1.83 bits per heavy atom. The van der Waals surface area contributed by atoms with Crippen LogP contribution >= 0.6 is 11.6 Å². The van der Waals surface area contributed by atoms with Gasteiger partial charge in [-0.15, -0.1) is 0 Å². The summed E-state index contributed by atoms with van der Waals surface area (Å²) in [5.74, 6) is 2.78. The van der Waals surface area contributed by atoms with Gasteiger partial charge in [-0.05, 0) is 67.3 Å². The van der Waals surface area contributed by atoms with E-state index in [1.54, 1.807) is 0 Å². The lowest BCUT2D eigenvalue weighted by molar-refractivity contribution is -0.133. The lowest BCUT2D eigenvalue weighted by atomic mass is 9.79. The van der Waals surface area contributed by atoms with Gasteiger partial charge in [0, 0.05) is 55.6 Å². The van der Waals surface area contributed by atoms with Gasteiger partial charge in [0.2, 0.25) is 5.91 Å². The second-order valence-corrected chi connectivity index (χ2v) is 11.4. The highest BCUT2D eigenvalue weighted by molar-refractivity contribution is 6.30. The first-order valence-corrected chi connectivity index (χ1v) is 13.8. The van der Waals surface area contributed by atoms with Crippen molar-refractivity contribution in [2.45, 2.75) is 44.6 Å². The molecule has 0 N–H and O–H groups in total. The summed E-state index contributed by atoms with van der Waals surface area (Å²) in [4.78, 5) is 22.9. The number of imidazole rings is 1. The minimum absolute atomic E-state index is 0.266. The Kier molecular flexibility index (Phi) is 6.38. The van der Waals surface area contributed by atoms with E-state index in [1.807, 2.05) is 18.3 Å². The zero-order chi connectivity index (χ0) is 24.7. The first-order valence-electron chi connectivity index (χ1n) is 13.4. The summed E-state index contributed by atoms with van der Waals surface area (Å²) in [5.41, 5.74) is 3.03. The summed E-state index contributed by atoms with van der Waals surface area (Å²) in [5, 5.41) is 0.716. The SMILES string of the molecule is C[C@H]1CCN(CC2CCN(C(=O)CCC3(c4ccc(Cl)cc4)c4ccccc4-c4nccn43)CC2)C1. The number of hydrogen-bond acceptors (Lipinski definition) is 3. The standard InChI is InChI=1S/C30H35ClN4O/c1-22-11-16-33(20-22)21-23-12-17-34(18-13-23)28(36)10-14-30(24-6-8-25(31)9-7-24)27-5-3-2-4-26(27)29-32-15-19-35(29)30/h2-9,15,19,22-23H,10-14,16-18,20-21H2,1H3/t22-,30?/m0/s1. The first kappa shape index (κ1) is 23.7. The molecule has 1 unspecified atom stereocenters. The summed E-state index contributed by atoms with van der Waals surface area (Å²) in [6.45, 7) is 7.80. The highest BCUT2D eigenvalue weighted by atomic mass is 35.5. The maximum Gasteiger partial charge on any atom is 0.222 e. The van der Waals surface area contributed by atoms with Crippen molar-refractivity contribution < 1.29 is 4.79 Å². The first-order chi connectivity index (χ1) is 17.5. The van der Waals surface area contributed by atoms with Crippen LogP contribution in [0, 0.1) is 11.8 Å². The smallest absolute Gasteiger partial charge is 0.222 e. The molecule has 6 heteroatoms. The van der Waals surface area contributed by atoms with Crippen molar-refractivity contribution in [2.75, 3.05) is 32.7 Å². The van der Waals surface area contributed by atoms with Crippen LogP contribution < -0.4 is 0 Å². The average Bonchev–Trinajstić information content (AvgIpc) is 3.60. The van der Waals surface area contributed by atoms with Crippen LogP contribution in [0.5, 0.6) is 0 Å². The van der Waals surface area contributed by atoms with Crippen LogP contribution in [0.3, 0.4) is 0 Å². The van der Waals surface area contributed by atoms with Crippen LogP contribution in [-0.2, 0) is 10.3 Å². The van der Waals surface area contributed by atoms with E-state index in [9.17, 15) is 4.79 Å². The molecule has 0 saturated carbocycles. The predicted molar refractivity (Wildman–Crippen MR) is 144 cm³/mol. The normalized spacial score (nSPS) is 24.2. The molecule has 0 radical (unpaired) electrons. The van der Waals surface area contributed by atoms with Crippen molar-refractivity contribution in [3.05, 3.63) is 77.1 Å². The molecule has 2 fully saturated rings. The van der Waals surface area contributed by atoms with Gasteiger partial charge in [0.05, 0.1) is 5.54 Å². The van der Waals surface area contributed by atoms with E-state index in [1.165, 1.54) is 31.6 Å². The van der Waals surface area contributed by atoms with Gasteiger partial charge in [-0.1, -0.05) is 54.9 Å². The zero-order valence-electron chi connectivity index (χ0n) is 21.1. The number of aromatic nitrogens is 2. The number of nitrogens with zero attached hydrogens (tertiary/aromatic N) is 4. The Balaban J connectivity index is 1.19. The highest BCUT2D eigenvalue weighted by Gasteiger charge is 2.45. The van der Waals surface area contributed by atoms with Crippen LogP contribution in [-0.4, -0.2) is 58.0 Å². The van der Waals surface area contributed by atoms with E-state index in [-0.39, 0.29) is 5.91 Å². The topological polar surface area (TPSA) is 41.4 Å². The van der Waals surface area contributed by atoms with Crippen molar-refractivity contribution in [1.82, 2.24) is 19.4 Å². The van der Waals surface area contributed by atoms with Gasteiger partial charge in [0.15, 0.2) is 0 Å². The molecule has 3 aliphatic rings. The highest BCUT2D eigenvalue weighted by Crippen LogP contribution is 2.49. The quantitative estimate of drug-likeness (QED) is 0.436. The molecule has 1 aromatic heterocycles. The summed E-state index contributed by atoms with van der Waals surface area (Å²) in [7, 11) is 0. The fraction of sp³-hybridized carbons (Fsp3) is 0.467. The van der Waals surface area contributed by atoms with E-state index in [2.05, 4.69) is 68.9 Å². The Hall–Kier alpha value is -2.63. The van der Waals surface area contributed by atoms with E-state index < -0.39 is 5.54 Å². The molecule has 2 atom stereocenters. The molecule has 3 aromatic rings. The fourth-order valence-electron chi connectivity index (χ4n) is 6.77. The molecule has 2 saturated heterocycles. The third-order valence-electron chi connectivity index (χ3n) is 8.68. The Morgan fingerprint density at radius 3 is 2.58 bits per heavy atom. The van der Waals surface area contributed by atoms with Crippen LogP contribution in [0.25, 0.3) is 11.4 Å². The van der Waals surface area contributed by atoms with Gasteiger partial charge in [0.1, 0.15) is 5.82 Å². The molecular weight excluding hydrogens is 468 g/mol. The lowest BCUT2D eigenvalue weighted by Crippen LogP contribution is -2.42. The largest absolute Gasteiger partial charge is 0.343 e. The minimum Gasteiger partial charge on any atom is -0.343 e. The Labute approximate surface area is 219 Å².